The van der Waals surface area contributed by atoms with Gasteiger partial charge in [0.1, 0.15) is 5.82 Å². The number of carbonyl (C=O) groups excluding carboxylic acids is 2. The number of hydrogen-bond acceptors (Lipinski definition) is 2. The molecule has 3 atom stereocenters. The van der Waals surface area contributed by atoms with Crippen molar-refractivity contribution in [1.29, 1.82) is 0 Å². The molecule has 200 valence electrons. The van der Waals surface area contributed by atoms with Gasteiger partial charge in [0.15, 0.2) is 0 Å². The lowest BCUT2D eigenvalue weighted by Crippen LogP contribution is -2.57. The van der Waals surface area contributed by atoms with Crippen molar-refractivity contribution in [3.8, 4) is 0 Å². The van der Waals surface area contributed by atoms with Crippen molar-refractivity contribution in [2.45, 2.75) is 70.8 Å². The van der Waals surface area contributed by atoms with Crippen molar-refractivity contribution in [1.82, 2.24) is 14.7 Å². The van der Waals surface area contributed by atoms with Crippen molar-refractivity contribution in [3.63, 3.8) is 0 Å². The summed E-state index contributed by atoms with van der Waals surface area (Å²) in [5.74, 6) is -0.465. The largest absolute Gasteiger partial charge is 0.416 e. The smallest absolute Gasteiger partial charge is 0.335 e. The Morgan fingerprint density at radius 2 is 1.73 bits per heavy atom. The van der Waals surface area contributed by atoms with Crippen LogP contribution < -0.4 is 0 Å². The predicted octanol–water partition coefficient (Wildman–Crippen LogP) is 6.44. The van der Waals surface area contributed by atoms with E-state index < -0.39 is 23.8 Å². The van der Waals surface area contributed by atoms with Gasteiger partial charge in [-0.15, -0.1) is 0 Å². The number of aryl methyl sites for hydroxylation is 1. The third kappa shape index (κ3) is 5.18. The van der Waals surface area contributed by atoms with Crippen LogP contribution in [0.4, 0.5) is 22.4 Å². The van der Waals surface area contributed by atoms with Crippen LogP contribution in [0.5, 0.6) is 0 Å². The molecule has 0 aromatic heterocycles. The van der Waals surface area contributed by atoms with Crippen molar-refractivity contribution in [2.24, 2.45) is 0 Å². The zero-order valence-corrected chi connectivity index (χ0v) is 21.8. The Kier molecular flexibility index (Phi) is 7.27. The average Bonchev–Trinajstić information content (AvgIpc) is 3.22. The molecule has 0 N–H and O–H groups in total. The van der Waals surface area contributed by atoms with Gasteiger partial charge in [-0.3, -0.25) is 4.79 Å². The van der Waals surface area contributed by atoms with Gasteiger partial charge in [0, 0.05) is 26.6 Å². The molecular formula is C28H33F4N3O2. The molecule has 2 aliphatic rings. The molecule has 37 heavy (non-hydrogen) atoms. The van der Waals surface area contributed by atoms with Crippen molar-refractivity contribution < 1.29 is 27.2 Å². The van der Waals surface area contributed by atoms with Gasteiger partial charge in [-0.1, -0.05) is 26.0 Å². The molecule has 0 aliphatic carbocycles. The number of urea groups is 1. The highest BCUT2D eigenvalue weighted by Crippen LogP contribution is 2.40. The van der Waals surface area contributed by atoms with E-state index >= 15 is 0 Å². The van der Waals surface area contributed by atoms with Gasteiger partial charge >= 0.3 is 12.2 Å². The highest BCUT2D eigenvalue weighted by molar-refractivity contribution is 5.81. The molecule has 3 amide bonds. The fourth-order valence-corrected chi connectivity index (χ4v) is 5.50. The molecule has 5 nitrogen and oxygen atoms in total. The molecule has 2 fully saturated rings. The molecule has 0 radical (unpaired) electrons. The summed E-state index contributed by atoms with van der Waals surface area (Å²) in [7, 11) is 1.59. The fraction of sp³-hybridized carbons (Fsp3) is 0.500. The molecule has 0 unspecified atom stereocenters. The Morgan fingerprint density at radius 1 is 1.05 bits per heavy atom. The molecular weight excluding hydrogens is 486 g/mol. The quantitative estimate of drug-likeness (QED) is 0.437. The summed E-state index contributed by atoms with van der Waals surface area (Å²) >= 11 is 0. The number of amides is 3. The lowest BCUT2D eigenvalue weighted by Gasteiger charge is -2.47. The van der Waals surface area contributed by atoms with Crippen LogP contribution in [0.15, 0.2) is 36.4 Å². The van der Waals surface area contributed by atoms with Crippen molar-refractivity contribution in [3.05, 3.63) is 70.0 Å². The summed E-state index contributed by atoms with van der Waals surface area (Å²) in [6, 6.07) is 6.72. The number of carbonyl (C=O) groups is 2. The summed E-state index contributed by atoms with van der Waals surface area (Å²) in [5, 5.41) is 0. The van der Waals surface area contributed by atoms with Crippen molar-refractivity contribution >= 4 is 11.9 Å². The van der Waals surface area contributed by atoms with E-state index in [1.165, 1.54) is 17.0 Å². The Hall–Kier alpha value is -3.10. The monoisotopic (exact) mass is 519 g/mol. The second-order valence-electron chi connectivity index (χ2n) is 10.4. The van der Waals surface area contributed by atoms with Gasteiger partial charge in [0.25, 0.3) is 0 Å². The third-order valence-electron chi connectivity index (χ3n) is 7.79. The number of rotatable bonds is 4. The Morgan fingerprint density at radius 3 is 2.35 bits per heavy atom. The van der Waals surface area contributed by atoms with Gasteiger partial charge in [0.05, 0.1) is 23.7 Å². The molecule has 0 spiro atoms. The first-order valence-electron chi connectivity index (χ1n) is 12.6. The van der Waals surface area contributed by atoms with E-state index in [-0.39, 0.29) is 36.3 Å². The van der Waals surface area contributed by atoms with Crippen molar-refractivity contribution in [2.75, 3.05) is 20.1 Å². The highest BCUT2D eigenvalue weighted by Gasteiger charge is 2.46. The molecule has 2 aromatic carbocycles. The standard InChI is InChI=1S/C28H33F4N3O2/c1-16(2)19-13-20(15-21(14-19)28(30,31)32)18(4)33(5)27(37)35-11-10-34-24(8-9-25(34)36)26(35)23-7-6-22(29)12-17(23)3/h6-7,12-16,18,24,26H,8-11H2,1-5H3/t18-,24+,26+/m1/s1. The van der Waals surface area contributed by atoms with Gasteiger partial charge in [-0.2, -0.15) is 13.2 Å². The molecule has 9 heteroatoms. The molecule has 0 bridgehead atoms. The fourth-order valence-electron chi connectivity index (χ4n) is 5.50. The first-order chi connectivity index (χ1) is 17.3. The van der Waals surface area contributed by atoms with E-state index in [9.17, 15) is 27.2 Å². The number of fused-ring (bicyclic) bond motifs is 1. The Bertz CT molecular complexity index is 1200. The van der Waals surface area contributed by atoms with Crippen LogP contribution in [0.1, 0.15) is 79.4 Å². The second-order valence-corrected chi connectivity index (χ2v) is 10.4. The first-order valence-corrected chi connectivity index (χ1v) is 12.6. The zero-order valence-electron chi connectivity index (χ0n) is 21.8. The minimum atomic E-state index is -4.50. The number of benzene rings is 2. The SMILES string of the molecule is Cc1cc(F)ccc1[C@H]1[C@@H]2CCC(=O)N2CCN1C(=O)N(C)[C@H](C)c1cc(C(C)C)cc(C(F)(F)F)c1. The van der Waals surface area contributed by atoms with Crippen LogP contribution >= 0.6 is 0 Å². The maximum absolute atomic E-state index is 13.9. The van der Waals surface area contributed by atoms with E-state index in [1.807, 2.05) is 13.8 Å². The van der Waals surface area contributed by atoms with Gasteiger partial charge < -0.3 is 14.7 Å². The molecule has 0 saturated carbocycles. The summed E-state index contributed by atoms with van der Waals surface area (Å²) in [6.07, 6.45) is -3.54. The van der Waals surface area contributed by atoms with Crippen LogP contribution in [0.3, 0.4) is 0 Å². The lowest BCUT2D eigenvalue weighted by molar-refractivity contribution is -0.137. The molecule has 2 aromatic rings. The van der Waals surface area contributed by atoms with E-state index in [0.29, 0.717) is 36.1 Å². The number of piperazine rings is 1. The Labute approximate surface area is 215 Å². The van der Waals surface area contributed by atoms with E-state index in [4.69, 9.17) is 0 Å². The zero-order chi connectivity index (χ0) is 27.2. The van der Waals surface area contributed by atoms with E-state index in [2.05, 4.69) is 0 Å². The predicted molar refractivity (Wildman–Crippen MR) is 132 cm³/mol. The number of alkyl halides is 3. The maximum Gasteiger partial charge on any atom is 0.416 e. The summed E-state index contributed by atoms with van der Waals surface area (Å²) in [6.45, 7) is 7.81. The molecule has 2 saturated heterocycles. The normalized spacial score (nSPS) is 20.9. The molecule has 4 rings (SSSR count). The van der Waals surface area contributed by atoms with E-state index in [0.717, 1.165) is 17.7 Å². The van der Waals surface area contributed by atoms with Crippen LogP contribution in [0, 0.1) is 12.7 Å². The van der Waals surface area contributed by atoms with Crippen LogP contribution in [0.2, 0.25) is 0 Å². The van der Waals surface area contributed by atoms with E-state index in [1.54, 1.807) is 42.8 Å². The van der Waals surface area contributed by atoms with Crippen LogP contribution in [-0.4, -0.2) is 52.8 Å². The maximum atomic E-state index is 13.9. The second kappa shape index (κ2) is 9.99. The third-order valence-corrected chi connectivity index (χ3v) is 7.79. The average molecular weight is 520 g/mol. The summed E-state index contributed by atoms with van der Waals surface area (Å²) in [5.41, 5.74) is 1.66. The Balaban J connectivity index is 1.69. The van der Waals surface area contributed by atoms with Gasteiger partial charge in [0.2, 0.25) is 5.91 Å². The van der Waals surface area contributed by atoms with Crippen LogP contribution in [0.25, 0.3) is 0 Å². The highest BCUT2D eigenvalue weighted by atomic mass is 19.4. The topological polar surface area (TPSA) is 43.9 Å². The minimum absolute atomic E-state index is 0.0359. The number of nitrogens with zero attached hydrogens (tertiary/aromatic N) is 3. The first kappa shape index (κ1) is 26.9. The van der Waals surface area contributed by atoms with Gasteiger partial charge in [-0.05, 0) is 72.7 Å². The molecule has 2 aliphatic heterocycles. The minimum Gasteiger partial charge on any atom is -0.335 e. The number of hydrogen-bond donors (Lipinski definition) is 0. The van der Waals surface area contributed by atoms with Crippen LogP contribution in [-0.2, 0) is 11.0 Å². The summed E-state index contributed by atoms with van der Waals surface area (Å²) in [4.78, 5) is 31.3. The number of halogens is 4. The molecule has 2 heterocycles. The lowest BCUT2D eigenvalue weighted by atomic mass is 9.90. The summed E-state index contributed by atoms with van der Waals surface area (Å²) < 4.78 is 54.8. The van der Waals surface area contributed by atoms with Gasteiger partial charge in [-0.25, -0.2) is 9.18 Å².